The van der Waals surface area contributed by atoms with Crippen molar-refractivity contribution in [2.75, 3.05) is 19.7 Å². The molecule has 1 aliphatic heterocycles. The van der Waals surface area contributed by atoms with E-state index < -0.39 is 0 Å². The molecule has 14 heavy (non-hydrogen) atoms. The predicted molar refractivity (Wildman–Crippen MR) is 53.9 cm³/mol. The summed E-state index contributed by atoms with van der Waals surface area (Å²) in [4.78, 5) is 15.3. The van der Waals surface area contributed by atoms with Crippen LogP contribution in [0.5, 0.6) is 0 Å². The van der Waals surface area contributed by atoms with E-state index in [2.05, 4.69) is 22.2 Å². The minimum absolute atomic E-state index is 0.163. The molecule has 0 radical (unpaired) electrons. The number of aliphatic imine (C=N–C) groups is 1. The van der Waals surface area contributed by atoms with E-state index in [4.69, 9.17) is 4.74 Å². The first-order valence-electron chi connectivity index (χ1n) is 4.68. The van der Waals surface area contributed by atoms with Crippen molar-refractivity contribution in [3.63, 3.8) is 0 Å². The predicted octanol–water partition coefficient (Wildman–Crippen LogP) is 0.191. The van der Waals surface area contributed by atoms with E-state index in [1.165, 1.54) is 0 Å². The van der Waals surface area contributed by atoms with Crippen molar-refractivity contribution in [3.05, 3.63) is 0 Å². The Morgan fingerprint density at radius 2 is 2.57 bits per heavy atom. The van der Waals surface area contributed by atoms with E-state index in [9.17, 15) is 4.79 Å². The van der Waals surface area contributed by atoms with Crippen LogP contribution in [0.3, 0.4) is 0 Å². The first-order chi connectivity index (χ1) is 6.84. The summed E-state index contributed by atoms with van der Waals surface area (Å²) in [6.07, 6.45) is 2.40. The summed E-state index contributed by atoms with van der Waals surface area (Å²) in [6.45, 7) is 3.25. The van der Waals surface area contributed by atoms with E-state index in [1.54, 1.807) is 6.34 Å². The van der Waals surface area contributed by atoms with Crippen molar-refractivity contribution >= 4 is 12.3 Å². The summed E-state index contributed by atoms with van der Waals surface area (Å²) in [5.74, 6) is 5.20. The standard InChI is InChI=1S/C10H14N2O2/c1-2-3-4-5-14-10(13)9-6-11-8-12-7-9/h8-9H,2,5-7H2,1H3,(H,11,12). The van der Waals surface area contributed by atoms with Gasteiger partial charge in [-0.3, -0.25) is 9.79 Å². The number of nitrogens with one attached hydrogen (secondary N) is 1. The molecule has 4 heteroatoms. The number of rotatable bonds is 2. The zero-order valence-electron chi connectivity index (χ0n) is 8.25. The van der Waals surface area contributed by atoms with Crippen LogP contribution in [-0.4, -0.2) is 32.0 Å². The Kier molecular flexibility index (Phi) is 4.56. The maximum Gasteiger partial charge on any atom is 0.313 e. The molecule has 0 saturated heterocycles. The Labute approximate surface area is 83.7 Å². The molecule has 76 valence electrons. The Hall–Kier alpha value is -1.50. The lowest BCUT2D eigenvalue weighted by Crippen LogP contribution is -2.35. The summed E-state index contributed by atoms with van der Waals surface area (Å²) < 4.78 is 4.96. The molecule has 0 aliphatic carbocycles. The van der Waals surface area contributed by atoms with Crippen molar-refractivity contribution in [2.24, 2.45) is 10.9 Å². The van der Waals surface area contributed by atoms with E-state index in [-0.39, 0.29) is 18.5 Å². The summed E-state index contributed by atoms with van der Waals surface area (Å²) in [6, 6.07) is 0. The van der Waals surface area contributed by atoms with Gasteiger partial charge in [0.15, 0.2) is 6.61 Å². The van der Waals surface area contributed by atoms with Crippen LogP contribution < -0.4 is 5.32 Å². The fourth-order valence-electron chi connectivity index (χ4n) is 1.06. The topological polar surface area (TPSA) is 50.7 Å². The average Bonchev–Trinajstić information content (AvgIpc) is 2.25. The molecule has 1 rings (SSSR count). The van der Waals surface area contributed by atoms with Gasteiger partial charge >= 0.3 is 5.97 Å². The van der Waals surface area contributed by atoms with Crippen LogP contribution in [0, 0.1) is 17.8 Å². The van der Waals surface area contributed by atoms with E-state index in [1.807, 2.05) is 6.92 Å². The summed E-state index contributed by atoms with van der Waals surface area (Å²) in [5.41, 5.74) is 0. The van der Waals surface area contributed by atoms with Gasteiger partial charge < -0.3 is 10.1 Å². The molecular formula is C10H14N2O2. The molecule has 0 saturated carbocycles. The first kappa shape index (κ1) is 10.6. The van der Waals surface area contributed by atoms with Crippen molar-refractivity contribution in [1.82, 2.24) is 5.32 Å². The molecule has 0 amide bonds. The van der Waals surface area contributed by atoms with Gasteiger partial charge in [0.25, 0.3) is 0 Å². The molecule has 0 spiro atoms. The van der Waals surface area contributed by atoms with Gasteiger partial charge in [-0.1, -0.05) is 12.8 Å². The van der Waals surface area contributed by atoms with E-state index >= 15 is 0 Å². The molecule has 0 aromatic rings. The highest BCUT2D eigenvalue weighted by atomic mass is 16.5. The van der Waals surface area contributed by atoms with Crippen molar-refractivity contribution < 1.29 is 9.53 Å². The van der Waals surface area contributed by atoms with Gasteiger partial charge in [0.2, 0.25) is 0 Å². The largest absolute Gasteiger partial charge is 0.452 e. The molecule has 0 bridgehead atoms. The van der Waals surface area contributed by atoms with Crippen LogP contribution in [0.2, 0.25) is 0 Å². The second-order valence-electron chi connectivity index (χ2n) is 2.91. The zero-order chi connectivity index (χ0) is 10.2. The molecule has 0 fully saturated rings. The van der Waals surface area contributed by atoms with Crippen LogP contribution in [0.15, 0.2) is 4.99 Å². The molecular weight excluding hydrogens is 180 g/mol. The maximum absolute atomic E-state index is 11.4. The van der Waals surface area contributed by atoms with Crippen molar-refractivity contribution in [1.29, 1.82) is 0 Å². The Morgan fingerprint density at radius 3 is 3.21 bits per heavy atom. The SMILES string of the molecule is CCC#CCOC(=O)C1CN=CNC1. The van der Waals surface area contributed by atoms with Crippen LogP contribution in [0.25, 0.3) is 0 Å². The highest BCUT2D eigenvalue weighted by molar-refractivity contribution is 5.74. The molecule has 1 N–H and O–H groups in total. The highest BCUT2D eigenvalue weighted by Gasteiger charge is 2.20. The lowest BCUT2D eigenvalue weighted by atomic mass is 10.1. The fraction of sp³-hybridized carbons (Fsp3) is 0.600. The van der Waals surface area contributed by atoms with Gasteiger partial charge in [-0.2, -0.15) is 0 Å². The van der Waals surface area contributed by atoms with Crippen molar-refractivity contribution in [2.45, 2.75) is 13.3 Å². The molecule has 1 atom stereocenters. The molecule has 0 aromatic carbocycles. The lowest BCUT2D eigenvalue weighted by molar-refractivity contribution is -0.146. The number of hydrogen-bond acceptors (Lipinski definition) is 4. The normalized spacial score (nSPS) is 19.1. The number of hydrogen-bond donors (Lipinski definition) is 1. The quantitative estimate of drug-likeness (QED) is 0.504. The zero-order valence-corrected chi connectivity index (χ0v) is 8.25. The second-order valence-corrected chi connectivity index (χ2v) is 2.91. The second kappa shape index (κ2) is 6.03. The Morgan fingerprint density at radius 1 is 1.71 bits per heavy atom. The minimum Gasteiger partial charge on any atom is -0.452 e. The first-order valence-corrected chi connectivity index (χ1v) is 4.68. The molecule has 1 heterocycles. The molecule has 0 aromatic heterocycles. The van der Waals surface area contributed by atoms with Crippen LogP contribution >= 0.6 is 0 Å². The third kappa shape index (κ3) is 3.48. The number of nitrogens with zero attached hydrogens (tertiary/aromatic N) is 1. The number of carbonyl (C=O) groups is 1. The summed E-state index contributed by atoms with van der Waals surface area (Å²) >= 11 is 0. The van der Waals surface area contributed by atoms with Gasteiger partial charge in [-0.15, -0.1) is 5.92 Å². The monoisotopic (exact) mass is 194 g/mol. The smallest absolute Gasteiger partial charge is 0.313 e. The Balaban J connectivity index is 2.24. The average molecular weight is 194 g/mol. The number of ether oxygens (including phenoxy) is 1. The number of esters is 1. The molecule has 4 nitrogen and oxygen atoms in total. The van der Waals surface area contributed by atoms with Gasteiger partial charge in [-0.25, -0.2) is 0 Å². The molecule has 1 aliphatic rings. The highest BCUT2D eigenvalue weighted by Crippen LogP contribution is 2.01. The third-order valence-electron chi connectivity index (χ3n) is 1.79. The van der Waals surface area contributed by atoms with Crippen molar-refractivity contribution in [3.8, 4) is 11.8 Å². The van der Waals surface area contributed by atoms with Crippen LogP contribution in [0.1, 0.15) is 13.3 Å². The van der Waals surface area contributed by atoms with Gasteiger partial charge in [0, 0.05) is 13.0 Å². The minimum atomic E-state index is -0.222. The van der Waals surface area contributed by atoms with Crippen LogP contribution in [0.4, 0.5) is 0 Å². The maximum atomic E-state index is 11.4. The van der Waals surface area contributed by atoms with E-state index in [0.29, 0.717) is 13.1 Å². The number of carbonyl (C=O) groups excluding carboxylic acids is 1. The Bertz CT molecular complexity index is 276. The summed E-state index contributed by atoms with van der Waals surface area (Å²) in [5, 5.41) is 2.89. The molecule has 1 unspecified atom stereocenters. The lowest BCUT2D eigenvalue weighted by Gasteiger charge is -2.15. The fourth-order valence-corrected chi connectivity index (χ4v) is 1.06. The van der Waals surface area contributed by atoms with Gasteiger partial charge in [-0.05, 0) is 0 Å². The third-order valence-corrected chi connectivity index (χ3v) is 1.79. The van der Waals surface area contributed by atoms with Gasteiger partial charge in [0.1, 0.15) is 0 Å². The van der Waals surface area contributed by atoms with Crippen LogP contribution in [-0.2, 0) is 9.53 Å². The van der Waals surface area contributed by atoms with E-state index in [0.717, 1.165) is 6.42 Å². The summed E-state index contributed by atoms with van der Waals surface area (Å²) in [7, 11) is 0. The van der Waals surface area contributed by atoms with Gasteiger partial charge in [0.05, 0.1) is 18.8 Å².